The molecule has 0 aliphatic carbocycles. The fourth-order valence-corrected chi connectivity index (χ4v) is 5.08. The van der Waals surface area contributed by atoms with Gasteiger partial charge in [-0.2, -0.15) is 22.3 Å². The number of alkyl halides is 3. The minimum Gasteiger partial charge on any atom is -0.367 e. The van der Waals surface area contributed by atoms with Crippen LogP contribution in [0.25, 0.3) is 0 Å². The molecule has 2 aromatic rings. The third-order valence-corrected chi connectivity index (χ3v) is 7.25. The monoisotopic (exact) mass is 467 g/mol. The summed E-state index contributed by atoms with van der Waals surface area (Å²) in [6.07, 6.45) is -3.89. The van der Waals surface area contributed by atoms with Gasteiger partial charge in [-0.1, -0.05) is 25.4 Å². The number of tetrazole rings is 1. The van der Waals surface area contributed by atoms with Crippen molar-refractivity contribution < 1.29 is 26.3 Å². The van der Waals surface area contributed by atoms with E-state index in [-0.39, 0.29) is 36.6 Å². The van der Waals surface area contributed by atoms with Crippen LogP contribution in [0.2, 0.25) is 5.02 Å². The van der Waals surface area contributed by atoms with Crippen LogP contribution in [0, 0.1) is 0 Å². The molecule has 0 N–H and O–H groups in total. The lowest BCUT2D eigenvalue weighted by molar-refractivity contribution is -0.137. The summed E-state index contributed by atoms with van der Waals surface area (Å²) < 4.78 is 71.8. The molecule has 0 amide bonds. The Morgan fingerprint density at radius 1 is 1.30 bits per heavy atom. The van der Waals surface area contributed by atoms with Crippen molar-refractivity contribution >= 4 is 21.6 Å². The number of nitrogens with zero attached hydrogens (tertiary/aromatic N) is 5. The van der Waals surface area contributed by atoms with Crippen molar-refractivity contribution in [3.8, 4) is 0 Å². The highest BCUT2D eigenvalue weighted by atomic mass is 35.5. The average Bonchev–Trinajstić information content (AvgIpc) is 3.18. The SMILES string of the molecule is CCC(CC)n1nnc(C2CN(S(=O)(=O)c3cc(C(F)(F)F)ccc3Cl)CCO2)n1. The quantitative estimate of drug-likeness (QED) is 0.646. The zero-order chi connectivity index (χ0) is 22.1. The molecule has 0 bridgehead atoms. The summed E-state index contributed by atoms with van der Waals surface area (Å²) in [5.74, 6) is 0.219. The van der Waals surface area contributed by atoms with Gasteiger partial charge in [-0.25, -0.2) is 8.42 Å². The molecular weight excluding hydrogens is 447 g/mol. The van der Waals surface area contributed by atoms with E-state index in [9.17, 15) is 21.6 Å². The first kappa shape index (κ1) is 22.9. The van der Waals surface area contributed by atoms with Gasteiger partial charge in [0.25, 0.3) is 0 Å². The second kappa shape index (κ2) is 8.77. The lowest BCUT2D eigenvalue weighted by Crippen LogP contribution is -2.42. The lowest BCUT2D eigenvalue weighted by atomic mass is 10.2. The van der Waals surface area contributed by atoms with Crippen LogP contribution in [-0.2, 0) is 20.9 Å². The topological polar surface area (TPSA) is 90.2 Å². The van der Waals surface area contributed by atoms with Gasteiger partial charge in [0.05, 0.1) is 23.2 Å². The van der Waals surface area contributed by atoms with Crippen LogP contribution in [0.3, 0.4) is 0 Å². The summed E-state index contributed by atoms with van der Waals surface area (Å²) in [5.41, 5.74) is -1.09. The standard InChI is InChI=1S/C17H21ClF3N5O3S/c1-3-12(4-2)26-23-16(22-24-26)14-10-25(7-8-29-14)30(27,28)15-9-11(17(19,20)21)5-6-13(15)18/h5-6,9,12,14H,3-4,7-8,10H2,1-2H3. The van der Waals surface area contributed by atoms with Crippen molar-refractivity contribution in [1.29, 1.82) is 0 Å². The summed E-state index contributed by atoms with van der Waals surface area (Å²) in [7, 11) is -4.30. The van der Waals surface area contributed by atoms with E-state index in [0.29, 0.717) is 6.07 Å². The van der Waals surface area contributed by atoms with Crippen LogP contribution >= 0.6 is 11.6 Å². The van der Waals surface area contributed by atoms with Crippen molar-refractivity contribution in [2.24, 2.45) is 0 Å². The van der Waals surface area contributed by atoms with Crippen molar-refractivity contribution in [1.82, 2.24) is 24.5 Å². The van der Waals surface area contributed by atoms with E-state index < -0.39 is 32.8 Å². The summed E-state index contributed by atoms with van der Waals surface area (Å²) in [6.45, 7) is 3.80. The minimum absolute atomic E-state index is 0.0278. The van der Waals surface area contributed by atoms with Gasteiger partial charge in [0.1, 0.15) is 11.0 Å². The molecule has 1 aliphatic heterocycles. The van der Waals surface area contributed by atoms with Gasteiger partial charge >= 0.3 is 6.18 Å². The number of sulfonamides is 1. The summed E-state index contributed by atoms with van der Waals surface area (Å²) in [6, 6.07) is 2.27. The highest BCUT2D eigenvalue weighted by Gasteiger charge is 2.37. The molecule has 0 radical (unpaired) electrons. The highest BCUT2D eigenvalue weighted by Crippen LogP contribution is 2.35. The number of benzene rings is 1. The molecule has 1 saturated heterocycles. The number of hydrogen-bond acceptors (Lipinski definition) is 6. The van der Waals surface area contributed by atoms with E-state index in [1.54, 1.807) is 0 Å². The maximum absolute atomic E-state index is 13.0. The number of morpholine rings is 1. The fraction of sp³-hybridized carbons (Fsp3) is 0.588. The third-order valence-electron chi connectivity index (χ3n) is 4.91. The maximum atomic E-state index is 13.0. The van der Waals surface area contributed by atoms with Gasteiger partial charge in [-0.05, 0) is 36.3 Å². The van der Waals surface area contributed by atoms with Crippen LogP contribution in [0.5, 0.6) is 0 Å². The van der Waals surface area contributed by atoms with Gasteiger partial charge in [0.2, 0.25) is 15.8 Å². The molecule has 13 heteroatoms. The van der Waals surface area contributed by atoms with Crippen LogP contribution in [0.4, 0.5) is 13.2 Å². The lowest BCUT2D eigenvalue weighted by Gasteiger charge is -2.31. The first-order chi connectivity index (χ1) is 14.1. The molecule has 3 rings (SSSR count). The maximum Gasteiger partial charge on any atom is 0.416 e. The van der Waals surface area contributed by atoms with Crippen LogP contribution in [0.1, 0.15) is 50.2 Å². The van der Waals surface area contributed by atoms with Crippen molar-refractivity contribution in [2.45, 2.75) is 49.9 Å². The number of halogens is 4. The van der Waals surface area contributed by atoms with Crippen LogP contribution in [0.15, 0.2) is 23.1 Å². The molecule has 8 nitrogen and oxygen atoms in total. The highest BCUT2D eigenvalue weighted by molar-refractivity contribution is 7.89. The summed E-state index contributed by atoms with van der Waals surface area (Å²) in [5, 5.41) is 12.0. The minimum atomic E-state index is -4.69. The van der Waals surface area contributed by atoms with Gasteiger partial charge in [0, 0.05) is 13.1 Å². The molecule has 1 aliphatic rings. The van der Waals surface area contributed by atoms with E-state index in [1.807, 2.05) is 13.8 Å². The molecule has 30 heavy (non-hydrogen) atoms. The number of aromatic nitrogens is 4. The average molecular weight is 468 g/mol. The van der Waals surface area contributed by atoms with Gasteiger partial charge in [-0.3, -0.25) is 0 Å². The first-order valence-corrected chi connectivity index (χ1v) is 11.2. The Bertz CT molecular complexity index is 995. The molecule has 1 atom stereocenters. The fourth-order valence-electron chi connectivity index (χ4n) is 3.15. The molecule has 0 spiro atoms. The normalized spacial score (nSPS) is 18.8. The molecule has 1 unspecified atom stereocenters. The molecule has 0 saturated carbocycles. The molecule has 1 fully saturated rings. The van der Waals surface area contributed by atoms with Crippen LogP contribution in [-0.4, -0.2) is 52.6 Å². The molecule has 1 aromatic carbocycles. The van der Waals surface area contributed by atoms with Gasteiger partial charge in [-0.15, -0.1) is 10.2 Å². The molecule has 166 valence electrons. The van der Waals surface area contributed by atoms with E-state index in [0.717, 1.165) is 29.3 Å². The van der Waals surface area contributed by atoms with Crippen molar-refractivity contribution in [3.63, 3.8) is 0 Å². The predicted molar refractivity (Wildman–Crippen MR) is 101 cm³/mol. The summed E-state index contributed by atoms with van der Waals surface area (Å²) >= 11 is 5.93. The number of rotatable bonds is 6. The smallest absolute Gasteiger partial charge is 0.367 e. The third kappa shape index (κ3) is 4.61. The van der Waals surface area contributed by atoms with Crippen molar-refractivity contribution in [2.75, 3.05) is 19.7 Å². The first-order valence-electron chi connectivity index (χ1n) is 9.35. The summed E-state index contributed by atoms with van der Waals surface area (Å²) in [4.78, 5) is 0.865. The number of ether oxygens (including phenoxy) is 1. The zero-order valence-corrected chi connectivity index (χ0v) is 17.9. The predicted octanol–water partition coefficient (Wildman–Crippen LogP) is 3.47. The van der Waals surface area contributed by atoms with E-state index in [2.05, 4.69) is 15.4 Å². The Balaban J connectivity index is 1.86. The second-order valence-electron chi connectivity index (χ2n) is 6.80. The Hall–Kier alpha value is -1.76. The Morgan fingerprint density at radius 2 is 2.00 bits per heavy atom. The van der Waals surface area contributed by atoms with Crippen LogP contribution < -0.4 is 0 Å². The van der Waals surface area contributed by atoms with E-state index in [1.165, 1.54) is 4.80 Å². The van der Waals surface area contributed by atoms with E-state index >= 15 is 0 Å². The molecule has 2 heterocycles. The largest absolute Gasteiger partial charge is 0.416 e. The Morgan fingerprint density at radius 3 is 2.63 bits per heavy atom. The second-order valence-corrected chi connectivity index (χ2v) is 9.12. The van der Waals surface area contributed by atoms with E-state index in [4.69, 9.17) is 16.3 Å². The number of hydrogen-bond donors (Lipinski definition) is 0. The van der Waals surface area contributed by atoms with Gasteiger partial charge < -0.3 is 4.74 Å². The molecule has 1 aromatic heterocycles. The zero-order valence-electron chi connectivity index (χ0n) is 16.3. The molecular formula is C17H21ClF3N5O3S. The van der Waals surface area contributed by atoms with Crippen molar-refractivity contribution in [3.05, 3.63) is 34.6 Å². The Labute approximate surface area is 177 Å². The Kier molecular flexibility index (Phi) is 6.70. The van der Waals surface area contributed by atoms with Gasteiger partial charge in [0.15, 0.2) is 0 Å².